The summed E-state index contributed by atoms with van der Waals surface area (Å²) >= 11 is 5.95. The summed E-state index contributed by atoms with van der Waals surface area (Å²) in [6, 6.07) is 5.26. The van der Waals surface area contributed by atoms with E-state index in [2.05, 4.69) is 38.3 Å². The van der Waals surface area contributed by atoms with Crippen molar-refractivity contribution in [2.75, 3.05) is 18.9 Å². The van der Waals surface area contributed by atoms with Crippen LogP contribution in [-0.4, -0.2) is 19.5 Å². The summed E-state index contributed by atoms with van der Waals surface area (Å²) in [6.07, 6.45) is 0. The molecule has 1 aromatic rings. The second-order valence-electron chi connectivity index (χ2n) is 5.77. The Morgan fingerprint density at radius 3 is 2.53 bits per heavy atom. The first-order valence-electron chi connectivity index (χ1n) is 6.53. The lowest BCUT2D eigenvalue weighted by Crippen LogP contribution is -2.37. The van der Waals surface area contributed by atoms with Crippen LogP contribution in [0.5, 0.6) is 0 Å². The van der Waals surface area contributed by atoms with Crippen molar-refractivity contribution in [3.05, 3.63) is 28.8 Å². The quantitative estimate of drug-likeness (QED) is 0.863. The zero-order valence-corrected chi connectivity index (χ0v) is 13.1. The number of hydrogen-bond acceptors (Lipinski definition) is 2. The number of benzene rings is 1. The third-order valence-electron chi connectivity index (χ3n) is 3.76. The zero-order chi connectivity index (χ0) is 14.6. The van der Waals surface area contributed by atoms with Crippen molar-refractivity contribution < 1.29 is 4.79 Å². The summed E-state index contributed by atoms with van der Waals surface area (Å²) in [5.41, 5.74) is 1.42. The molecule has 0 aromatic heterocycles. The molecule has 2 N–H and O–H groups in total. The maximum Gasteiger partial charge on any atom is 0.253 e. The molecule has 0 spiro atoms. The van der Waals surface area contributed by atoms with Gasteiger partial charge in [-0.25, -0.2) is 0 Å². The van der Waals surface area contributed by atoms with E-state index in [-0.39, 0.29) is 11.3 Å². The Labute approximate surface area is 120 Å². The van der Waals surface area contributed by atoms with E-state index in [9.17, 15) is 4.79 Å². The van der Waals surface area contributed by atoms with Crippen LogP contribution in [0.25, 0.3) is 0 Å². The van der Waals surface area contributed by atoms with Gasteiger partial charge in [-0.15, -0.1) is 0 Å². The molecule has 0 aliphatic heterocycles. The number of hydrogen-bond donors (Lipinski definition) is 2. The molecule has 0 unspecified atom stereocenters. The third kappa shape index (κ3) is 4.13. The second kappa shape index (κ2) is 6.29. The van der Waals surface area contributed by atoms with Gasteiger partial charge in [-0.3, -0.25) is 4.79 Å². The normalized spacial score (nSPS) is 11.5. The molecule has 0 aliphatic carbocycles. The van der Waals surface area contributed by atoms with E-state index in [1.54, 1.807) is 19.2 Å². The Morgan fingerprint density at radius 1 is 1.37 bits per heavy atom. The van der Waals surface area contributed by atoms with E-state index in [0.717, 1.165) is 5.69 Å². The number of halogens is 1. The molecule has 0 aliphatic rings. The first-order chi connectivity index (χ1) is 8.77. The molecule has 3 nitrogen and oxygen atoms in total. The highest BCUT2D eigenvalue weighted by molar-refractivity contribution is 6.31. The van der Waals surface area contributed by atoms with Gasteiger partial charge in [0.15, 0.2) is 0 Å². The summed E-state index contributed by atoms with van der Waals surface area (Å²) < 4.78 is 0. The van der Waals surface area contributed by atoms with E-state index >= 15 is 0 Å². The largest absolute Gasteiger partial charge is 0.387 e. The molecular formula is C15H23ClN2O. The van der Waals surface area contributed by atoms with Gasteiger partial charge in [0.2, 0.25) is 0 Å². The molecule has 1 aromatic carbocycles. The summed E-state index contributed by atoms with van der Waals surface area (Å²) in [4.78, 5) is 12.2. The van der Waals surface area contributed by atoms with Crippen molar-refractivity contribution in [3.8, 4) is 0 Å². The van der Waals surface area contributed by atoms with Gasteiger partial charge in [0.1, 0.15) is 0 Å². The minimum absolute atomic E-state index is 0.0635. The summed E-state index contributed by atoms with van der Waals surface area (Å²) in [7, 11) is 1.79. The zero-order valence-electron chi connectivity index (χ0n) is 12.3. The van der Waals surface area contributed by atoms with Gasteiger partial charge in [-0.2, -0.15) is 0 Å². The molecule has 0 radical (unpaired) electrons. The second-order valence-corrected chi connectivity index (χ2v) is 6.20. The average molecular weight is 283 g/mol. The minimum Gasteiger partial charge on any atom is -0.387 e. The van der Waals surface area contributed by atoms with Gasteiger partial charge < -0.3 is 10.6 Å². The Hall–Kier alpha value is -1.22. The van der Waals surface area contributed by atoms with Crippen LogP contribution in [0, 0.1) is 11.3 Å². The number of carbonyl (C=O) groups is 1. The smallest absolute Gasteiger partial charge is 0.253 e. The first-order valence-corrected chi connectivity index (χ1v) is 6.91. The van der Waals surface area contributed by atoms with Crippen LogP contribution in [0.1, 0.15) is 38.1 Å². The van der Waals surface area contributed by atoms with Crippen molar-refractivity contribution in [3.63, 3.8) is 0 Å². The number of carbonyl (C=O) groups excluding carboxylic acids is 1. The van der Waals surface area contributed by atoms with Crippen LogP contribution in [0.2, 0.25) is 5.02 Å². The lowest BCUT2D eigenvalue weighted by Gasteiger charge is -2.29. The molecule has 0 saturated carbocycles. The maximum absolute atomic E-state index is 12.2. The highest BCUT2D eigenvalue weighted by Gasteiger charge is 2.23. The highest BCUT2D eigenvalue weighted by Crippen LogP contribution is 2.25. The van der Waals surface area contributed by atoms with E-state index in [1.165, 1.54) is 0 Å². The Kier molecular flexibility index (Phi) is 5.24. The summed E-state index contributed by atoms with van der Waals surface area (Å²) in [5.74, 6) is 0.400. The topological polar surface area (TPSA) is 41.1 Å². The highest BCUT2D eigenvalue weighted by atomic mass is 35.5. The van der Waals surface area contributed by atoms with E-state index in [0.29, 0.717) is 23.0 Å². The van der Waals surface area contributed by atoms with Crippen molar-refractivity contribution >= 4 is 23.2 Å². The molecule has 1 amide bonds. The standard InChI is InChI=1S/C15H23ClN2O/c1-10(2)15(3,4)9-18-14(19)12-8-11(16)6-7-13(12)17-5/h6-8,10,17H,9H2,1-5H3,(H,18,19). The summed E-state index contributed by atoms with van der Waals surface area (Å²) in [5, 5.41) is 6.55. The number of amides is 1. The van der Waals surface area contributed by atoms with Crippen molar-refractivity contribution in [1.29, 1.82) is 0 Å². The molecule has 0 saturated heterocycles. The predicted octanol–water partition coefficient (Wildman–Crippen LogP) is 3.79. The Balaban J connectivity index is 2.82. The van der Waals surface area contributed by atoms with Crippen LogP contribution in [0.4, 0.5) is 5.69 Å². The molecule has 1 rings (SSSR count). The van der Waals surface area contributed by atoms with Crippen LogP contribution >= 0.6 is 11.6 Å². The lowest BCUT2D eigenvalue weighted by atomic mass is 9.81. The summed E-state index contributed by atoms with van der Waals surface area (Å²) in [6.45, 7) is 9.25. The monoisotopic (exact) mass is 282 g/mol. The Bertz CT molecular complexity index is 455. The lowest BCUT2D eigenvalue weighted by molar-refractivity contribution is 0.0925. The molecular weight excluding hydrogens is 260 g/mol. The van der Waals surface area contributed by atoms with Crippen LogP contribution in [0.15, 0.2) is 18.2 Å². The van der Waals surface area contributed by atoms with E-state index < -0.39 is 0 Å². The van der Waals surface area contributed by atoms with Crippen molar-refractivity contribution in [1.82, 2.24) is 5.32 Å². The van der Waals surface area contributed by atoms with E-state index in [4.69, 9.17) is 11.6 Å². The molecule has 106 valence electrons. The Morgan fingerprint density at radius 2 is 2.00 bits per heavy atom. The van der Waals surface area contributed by atoms with Gasteiger partial charge in [-0.05, 0) is 29.5 Å². The fourth-order valence-electron chi connectivity index (χ4n) is 1.53. The SMILES string of the molecule is CNc1ccc(Cl)cc1C(=O)NCC(C)(C)C(C)C. The van der Waals surface area contributed by atoms with Crippen LogP contribution in [0.3, 0.4) is 0 Å². The number of anilines is 1. The number of nitrogens with one attached hydrogen (secondary N) is 2. The molecule has 4 heteroatoms. The van der Waals surface area contributed by atoms with Gasteiger partial charge in [0.25, 0.3) is 5.91 Å². The molecule has 19 heavy (non-hydrogen) atoms. The predicted molar refractivity (Wildman–Crippen MR) is 82.0 cm³/mol. The molecule has 0 atom stereocenters. The average Bonchev–Trinajstić information content (AvgIpc) is 2.35. The van der Waals surface area contributed by atoms with Crippen LogP contribution in [-0.2, 0) is 0 Å². The molecule has 0 bridgehead atoms. The minimum atomic E-state index is -0.0967. The van der Waals surface area contributed by atoms with Crippen molar-refractivity contribution in [2.45, 2.75) is 27.7 Å². The third-order valence-corrected chi connectivity index (χ3v) is 4.00. The fourth-order valence-corrected chi connectivity index (χ4v) is 1.70. The van der Waals surface area contributed by atoms with Crippen molar-refractivity contribution in [2.24, 2.45) is 11.3 Å². The van der Waals surface area contributed by atoms with Gasteiger partial charge >= 0.3 is 0 Å². The van der Waals surface area contributed by atoms with E-state index in [1.807, 2.05) is 6.07 Å². The fraction of sp³-hybridized carbons (Fsp3) is 0.533. The van der Waals surface area contributed by atoms with Gasteiger partial charge in [-0.1, -0.05) is 39.3 Å². The molecule has 0 heterocycles. The van der Waals surface area contributed by atoms with Gasteiger partial charge in [0, 0.05) is 24.3 Å². The van der Waals surface area contributed by atoms with Gasteiger partial charge in [0.05, 0.1) is 5.56 Å². The number of rotatable bonds is 5. The molecule has 0 fully saturated rings. The first kappa shape index (κ1) is 15.8. The van der Waals surface area contributed by atoms with Crippen LogP contribution < -0.4 is 10.6 Å². The maximum atomic E-state index is 12.2.